The van der Waals surface area contributed by atoms with Gasteiger partial charge in [0.15, 0.2) is 5.82 Å². The lowest BCUT2D eigenvalue weighted by atomic mass is 10.2. The third kappa shape index (κ3) is 5.85. The summed E-state index contributed by atoms with van der Waals surface area (Å²) in [6.45, 7) is 0. The summed E-state index contributed by atoms with van der Waals surface area (Å²) in [4.78, 5) is 19.6. The maximum atomic E-state index is 5.95. The Morgan fingerprint density at radius 3 is 1.89 bits per heavy atom. The Hall–Kier alpha value is -2.80. The number of nitrogens with zero attached hydrogens (tertiary/aromatic N) is 5. The van der Waals surface area contributed by atoms with Crippen LogP contribution in [0.3, 0.4) is 0 Å². The van der Waals surface area contributed by atoms with E-state index < -0.39 is 0 Å². The highest BCUT2D eigenvalue weighted by Crippen LogP contribution is 2.23. The molecule has 4 aromatic rings. The molecule has 4 rings (SSSR count). The van der Waals surface area contributed by atoms with Gasteiger partial charge >= 0.3 is 0 Å². The summed E-state index contributed by atoms with van der Waals surface area (Å²) >= 11 is 17.2. The molecule has 0 aliphatic carbocycles. The van der Waals surface area contributed by atoms with Gasteiger partial charge < -0.3 is 5.32 Å². The standard InChI is InChI=1S/C10H8N2.C9H5Cl3N4/c1-2-5-9(6-3-1)10-11-7-4-8-12-10;10-5-3-1-2-4-6(5)13-9-15-7(11)14-8(12)16-9/h1-8H;1-4H,(H,13,14,15,16). The van der Waals surface area contributed by atoms with E-state index in [1.54, 1.807) is 24.5 Å². The summed E-state index contributed by atoms with van der Waals surface area (Å²) in [5.41, 5.74) is 1.72. The molecule has 0 bridgehead atoms. The van der Waals surface area contributed by atoms with Gasteiger partial charge in [0.05, 0.1) is 10.7 Å². The molecule has 9 heteroatoms. The Morgan fingerprint density at radius 2 is 1.25 bits per heavy atom. The summed E-state index contributed by atoms with van der Waals surface area (Å²) in [5, 5.41) is 3.49. The van der Waals surface area contributed by atoms with Crippen molar-refractivity contribution in [1.29, 1.82) is 0 Å². The minimum Gasteiger partial charge on any atom is -0.323 e. The molecule has 0 radical (unpaired) electrons. The zero-order chi connectivity index (χ0) is 19.8. The molecule has 28 heavy (non-hydrogen) atoms. The number of benzene rings is 2. The van der Waals surface area contributed by atoms with E-state index in [9.17, 15) is 0 Å². The maximum Gasteiger partial charge on any atom is 0.232 e. The van der Waals surface area contributed by atoms with Crippen molar-refractivity contribution < 1.29 is 0 Å². The lowest BCUT2D eigenvalue weighted by Gasteiger charge is -2.06. The highest BCUT2D eigenvalue weighted by atomic mass is 35.5. The van der Waals surface area contributed by atoms with Gasteiger partial charge in [-0.3, -0.25) is 0 Å². The lowest BCUT2D eigenvalue weighted by molar-refractivity contribution is 1.05. The van der Waals surface area contributed by atoms with Crippen molar-refractivity contribution in [3.63, 3.8) is 0 Å². The zero-order valence-corrected chi connectivity index (χ0v) is 16.6. The summed E-state index contributed by atoms with van der Waals surface area (Å²) in [5.74, 6) is 1.02. The third-order valence-corrected chi connectivity index (χ3v) is 3.97. The molecule has 140 valence electrons. The van der Waals surface area contributed by atoms with Crippen LogP contribution in [0.5, 0.6) is 0 Å². The van der Waals surface area contributed by atoms with Gasteiger partial charge in [-0.1, -0.05) is 54.1 Å². The van der Waals surface area contributed by atoms with Gasteiger partial charge in [-0.15, -0.1) is 0 Å². The topological polar surface area (TPSA) is 76.5 Å². The number of hydrogen-bond acceptors (Lipinski definition) is 6. The second-order valence-electron chi connectivity index (χ2n) is 5.24. The average molecular weight is 432 g/mol. The molecule has 0 fully saturated rings. The first-order chi connectivity index (χ1) is 13.6. The molecule has 6 nitrogen and oxygen atoms in total. The van der Waals surface area contributed by atoms with Gasteiger partial charge in [-0.2, -0.15) is 15.0 Å². The Morgan fingerprint density at radius 1 is 0.643 bits per heavy atom. The maximum absolute atomic E-state index is 5.95. The number of rotatable bonds is 3. The van der Waals surface area contributed by atoms with Crippen LogP contribution in [0.4, 0.5) is 11.6 Å². The molecule has 0 unspecified atom stereocenters. The van der Waals surface area contributed by atoms with Crippen LogP contribution in [-0.4, -0.2) is 24.9 Å². The molecule has 1 N–H and O–H groups in total. The van der Waals surface area contributed by atoms with E-state index >= 15 is 0 Å². The number of anilines is 2. The smallest absolute Gasteiger partial charge is 0.232 e. The van der Waals surface area contributed by atoms with E-state index in [0.29, 0.717) is 10.7 Å². The molecule has 2 aromatic carbocycles. The highest BCUT2D eigenvalue weighted by molar-refractivity contribution is 6.33. The number of para-hydroxylation sites is 1. The number of hydrogen-bond donors (Lipinski definition) is 1. The largest absolute Gasteiger partial charge is 0.323 e. The minimum atomic E-state index is 0.0227. The molecule has 2 heterocycles. The first kappa shape index (κ1) is 19.9. The van der Waals surface area contributed by atoms with Gasteiger partial charge in [0, 0.05) is 18.0 Å². The highest BCUT2D eigenvalue weighted by Gasteiger charge is 2.05. The van der Waals surface area contributed by atoms with Gasteiger partial charge in [0.1, 0.15) is 0 Å². The summed E-state index contributed by atoms with van der Waals surface area (Å²) in [7, 11) is 0. The summed E-state index contributed by atoms with van der Waals surface area (Å²) in [6, 6.07) is 18.9. The lowest BCUT2D eigenvalue weighted by Crippen LogP contribution is -1.99. The van der Waals surface area contributed by atoms with Crippen molar-refractivity contribution >= 4 is 46.4 Å². The molecular formula is C19H13Cl3N6. The van der Waals surface area contributed by atoms with Crippen LogP contribution in [0.1, 0.15) is 0 Å². The van der Waals surface area contributed by atoms with Crippen LogP contribution in [0.2, 0.25) is 15.6 Å². The minimum absolute atomic E-state index is 0.0227. The molecule has 0 amide bonds. The predicted molar refractivity (Wildman–Crippen MR) is 112 cm³/mol. The summed E-state index contributed by atoms with van der Waals surface area (Å²) < 4.78 is 0. The van der Waals surface area contributed by atoms with Crippen molar-refractivity contribution in [1.82, 2.24) is 24.9 Å². The molecule has 0 saturated heterocycles. The van der Waals surface area contributed by atoms with Crippen molar-refractivity contribution in [2.75, 3.05) is 5.32 Å². The Bertz CT molecular complexity index is 974. The fraction of sp³-hybridized carbons (Fsp3) is 0. The fourth-order valence-corrected chi connectivity index (χ4v) is 2.65. The van der Waals surface area contributed by atoms with Gasteiger partial charge in [0.25, 0.3) is 0 Å². The predicted octanol–water partition coefficient (Wildman–Crippen LogP) is 5.72. The monoisotopic (exact) mass is 430 g/mol. The third-order valence-electron chi connectivity index (χ3n) is 3.30. The number of nitrogens with one attached hydrogen (secondary N) is 1. The molecular weight excluding hydrogens is 419 g/mol. The molecule has 0 saturated carbocycles. The average Bonchev–Trinajstić information content (AvgIpc) is 2.71. The first-order valence-corrected chi connectivity index (χ1v) is 9.16. The van der Waals surface area contributed by atoms with E-state index in [1.165, 1.54) is 0 Å². The van der Waals surface area contributed by atoms with Crippen LogP contribution in [0.15, 0.2) is 73.1 Å². The van der Waals surface area contributed by atoms with Crippen molar-refractivity contribution in [3.8, 4) is 11.4 Å². The summed E-state index contributed by atoms with van der Waals surface area (Å²) in [6.07, 6.45) is 3.49. The van der Waals surface area contributed by atoms with Gasteiger partial charge in [0.2, 0.25) is 16.5 Å². The van der Waals surface area contributed by atoms with Gasteiger partial charge in [-0.05, 0) is 41.4 Å². The van der Waals surface area contributed by atoms with Crippen molar-refractivity contribution in [3.05, 3.63) is 88.6 Å². The van der Waals surface area contributed by atoms with E-state index in [1.807, 2.05) is 48.5 Å². The zero-order valence-electron chi connectivity index (χ0n) is 14.3. The van der Waals surface area contributed by atoms with E-state index in [0.717, 1.165) is 11.4 Å². The number of aromatic nitrogens is 5. The van der Waals surface area contributed by atoms with Crippen LogP contribution in [0.25, 0.3) is 11.4 Å². The first-order valence-electron chi connectivity index (χ1n) is 8.03. The van der Waals surface area contributed by atoms with E-state index in [4.69, 9.17) is 34.8 Å². The van der Waals surface area contributed by atoms with Crippen LogP contribution in [0, 0.1) is 0 Å². The molecule has 2 aromatic heterocycles. The SMILES string of the molecule is Clc1nc(Cl)nc(Nc2ccccc2Cl)n1.c1ccc(-c2ncccn2)cc1. The van der Waals surface area contributed by atoms with Crippen molar-refractivity contribution in [2.45, 2.75) is 0 Å². The Kier molecular flexibility index (Phi) is 7.08. The normalized spacial score (nSPS) is 9.96. The second kappa shape index (κ2) is 9.94. The fourth-order valence-electron chi connectivity index (χ4n) is 2.10. The quantitative estimate of drug-likeness (QED) is 0.447. The van der Waals surface area contributed by atoms with Crippen molar-refractivity contribution in [2.24, 2.45) is 0 Å². The van der Waals surface area contributed by atoms with Crippen LogP contribution in [-0.2, 0) is 0 Å². The number of halogens is 3. The van der Waals surface area contributed by atoms with Gasteiger partial charge in [-0.25, -0.2) is 9.97 Å². The second-order valence-corrected chi connectivity index (χ2v) is 6.32. The Balaban J connectivity index is 0.000000167. The van der Waals surface area contributed by atoms with Crippen LogP contribution >= 0.6 is 34.8 Å². The Labute approximate surface area is 176 Å². The van der Waals surface area contributed by atoms with Crippen LogP contribution < -0.4 is 5.32 Å². The van der Waals surface area contributed by atoms with E-state index in [2.05, 4.69) is 30.2 Å². The molecule has 0 atom stereocenters. The molecule has 0 aliphatic heterocycles. The molecule has 0 spiro atoms. The van der Waals surface area contributed by atoms with E-state index in [-0.39, 0.29) is 16.5 Å². The molecule has 0 aliphatic rings.